The Morgan fingerprint density at radius 3 is 2.36 bits per heavy atom. The predicted octanol–water partition coefficient (Wildman–Crippen LogP) is 2.36. The summed E-state index contributed by atoms with van der Waals surface area (Å²) in [7, 11) is 0. The molecule has 6 heteroatoms. The molecule has 2 aliphatic rings. The number of hydrogen-bond acceptors (Lipinski definition) is 3. The minimum absolute atomic E-state index is 0. The summed E-state index contributed by atoms with van der Waals surface area (Å²) in [4.78, 5) is 28.6. The third-order valence-electron chi connectivity index (χ3n) is 5.44. The number of halogens is 1. The highest BCUT2D eigenvalue weighted by Gasteiger charge is 2.34. The number of carbonyl (C=O) groups is 2. The first-order valence-corrected chi connectivity index (χ1v) is 8.96. The Morgan fingerprint density at radius 2 is 1.80 bits per heavy atom. The van der Waals surface area contributed by atoms with Gasteiger partial charge in [-0.15, -0.1) is 12.4 Å². The smallest absolute Gasteiger partial charge is 0.227 e. The van der Waals surface area contributed by atoms with Crippen molar-refractivity contribution in [1.82, 2.24) is 9.80 Å². The van der Waals surface area contributed by atoms with E-state index in [2.05, 4.69) is 0 Å². The number of piperidine rings is 1. The Labute approximate surface area is 155 Å². The van der Waals surface area contributed by atoms with Gasteiger partial charge in [0.05, 0.1) is 5.92 Å². The van der Waals surface area contributed by atoms with E-state index in [-0.39, 0.29) is 36.2 Å². The molecule has 2 aliphatic heterocycles. The largest absolute Gasteiger partial charge is 0.342 e. The summed E-state index contributed by atoms with van der Waals surface area (Å²) in [6.45, 7) is 4.24. The number of benzene rings is 1. The van der Waals surface area contributed by atoms with Crippen molar-refractivity contribution in [1.29, 1.82) is 0 Å². The molecule has 0 aliphatic carbocycles. The van der Waals surface area contributed by atoms with Crippen LogP contribution in [0.1, 0.15) is 44.2 Å². The van der Waals surface area contributed by atoms with E-state index in [1.54, 1.807) is 0 Å². The van der Waals surface area contributed by atoms with Gasteiger partial charge in [-0.2, -0.15) is 0 Å². The predicted molar refractivity (Wildman–Crippen MR) is 100 cm³/mol. The van der Waals surface area contributed by atoms with Crippen molar-refractivity contribution >= 4 is 24.2 Å². The van der Waals surface area contributed by atoms with Gasteiger partial charge < -0.3 is 15.5 Å². The van der Waals surface area contributed by atoms with Gasteiger partial charge >= 0.3 is 0 Å². The average Bonchev–Trinajstić information content (AvgIpc) is 3.06. The summed E-state index contributed by atoms with van der Waals surface area (Å²) in [5.74, 6) is 0.161. The Morgan fingerprint density at radius 1 is 1.16 bits per heavy atom. The van der Waals surface area contributed by atoms with Crippen LogP contribution in [0.2, 0.25) is 0 Å². The van der Waals surface area contributed by atoms with Crippen molar-refractivity contribution in [2.75, 3.05) is 19.6 Å². The molecule has 3 rings (SSSR count). The summed E-state index contributed by atoms with van der Waals surface area (Å²) in [5, 5.41) is 0. The highest BCUT2D eigenvalue weighted by Crippen LogP contribution is 2.25. The highest BCUT2D eigenvalue weighted by atomic mass is 35.5. The summed E-state index contributed by atoms with van der Waals surface area (Å²) >= 11 is 0. The van der Waals surface area contributed by atoms with E-state index in [9.17, 15) is 9.59 Å². The number of amides is 2. The molecule has 2 saturated heterocycles. The van der Waals surface area contributed by atoms with Crippen LogP contribution in [-0.2, 0) is 9.59 Å². The molecule has 0 saturated carbocycles. The van der Waals surface area contributed by atoms with Gasteiger partial charge in [-0.05, 0) is 24.8 Å². The lowest BCUT2D eigenvalue weighted by atomic mass is 9.93. The zero-order chi connectivity index (χ0) is 17.1. The number of carbonyl (C=O) groups excluding carboxylic acids is 2. The molecule has 138 valence electrons. The summed E-state index contributed by atoms with van der Waals surface area (Å²) < 4.78 is 0. The maximum atomic E-state index is 12.8. The maximum absolute atomic E-state index is 12.8. The minimum atomic E-state index is -0.281. The molecule has 0 spiro atoms. The first-order valence-electron chi connectivity index (χ1n) is 8.96. The van der Waals surface area contributed by atoms with Crippen LogP contribution in [0.25, 0.3) is 0 Å². The lowest BCUT2D eigenvalue weighted by molar-refractivity contribution is -0.138. The maximum Gasteiger partial charge on any atom is 0.227 e. The van der Waals surface area contributed by atoms with E-state index < -0.39 is 0 Å². The Balaban J connectivity index is 0.00000225. The molecular weight excluding hydrogens is 338 g/mol. The van der Waals surface area contributed by atoms with E-state index in [0.29, 0.717) is 12.5 Å². The highest BCUT2D eigenvalue weighted by molar-refractivity contribution is 5.85. The summed E-state index contributed by atoms with van der Waals surface area (Å²) in [6, 6.07) is 9.82. The second-order valence-corrected chi connectivity index (χ2v) is 6.97. The monoisotopic (exact) mass is 365 g/mol. The quantitative estimate of drug-likeness (QED) is 0.890. The van der Waals surface area contributed by atoms with Gasteiger partial charge in [0, 0.05) is 38.1 Å². The van der Waals surface area contributed by atoms with Gasteiger partial charge in [0.2, 0.25) is 11.8 Å². The molecule has 1 aromatic carbocycles. The fourth-order valence-electron chi connectivity index (χ4n) is 3.86. The Hall–Kier alpha value is -1.59. The van der Waals surface area contributed by atoms with Crippen LogP contribution in [0.4, 0.5) is 0 Å². The van der Waals surface area contributed by atoms with E-state index in [0.717, 1.165) is 44.5 Å². The topological polar surface area (TPSA) is 66.6 Å². The number of nitrogens with two attached hydrogens (primary N) is 1. The molecule has 1 aromatic rings. The zero-order valence-electron chi connectivity index (χ0n) is 14.8. The normalized spacial score (nSPS) is 21.0. The van der Waals surface area contributed by atoms with E-state index in [1.807, 2.05) is 47.1 Å². The molecule has 2 fully saturated rings. The first-order chi connectivity index (χ1) is 11.6. The van der Waals surface area contributed by atoms with E-state index >= 15 is 0 Å². The molecule has 2 heterocycles. The van der Waals surface area contributed by atoms with E-state index in [1.165, 1.54) is 0 Å². The van der Waals surface area contributed by atoms with Crippen molar-refractivity contribution in [3.05, 3.63) is 35.9 Å². The van der Waals surface area contributed by atoms with Crippen molar-refractivity contribution < 1.29 is 9.59 Å². The van der Waals surface area contributed by atoms with Crippen LogP contribution in [0, 0.1) is 5.92 Å². The third kappa shape index (κ3) is 4.33. The third-order valence-corrected chi connectivity index (χ3v) is 5.44. The van der Waals surface area contributed by atoms with Gasteiger partial charge in [0.25, 0.3) is 0 Å². The summed E-state index contributed by atoms with van der Waals surface area (Å²) in [5.41, 5.74) is 7.29. The zero-order valence-corrected chi connectivity index (χ0v) is 15.6. The Kier molecular flexibility index (Phi) is 6.85. The van der Waals surface area contributed by atoms with Crippen LogP contribution in [0.15, 0.2) is 30.3 Å². The van der Waals surface area contributed by atoms with Crippen molar-refractivity contribution in [3.8, 4) is 0 Å². The number of hydrogen-bond donors (Lipinski definition) is 1. The first kappa shape index (κ1) is 19.7. The molecule has 2 atom stereocenters. The van der Waals surface area contributed by atoms with E-state index in [4.69, 9.17) is 5.73 Å². The second-order valence-electron chi connectivity index (χ2n) is 6.97. The molecule has 25 heavy (non-hydrogen) atoms. The number of likely N-dealkylation sites (tertiary alicyclic amines) is 2. The SMILES string of the molecule is CC(C(=O)N1CCC(N2CCCC2=O)CC1)C(N)c1ccccc1.Cl. The van der Waals surface area contributed by atoms with Gasteiger partial charge in [0.1, 0.15) is 0 Å². The van der Waals surface area contributed by atoms with Gasteiger partial charge in [0.15, 0.2) is 0 Å². The molecule has 0 bridgehead atoms. The van der Waals surface area contributed by atoms with Gasteiger partial charge in [-0.1, -0.05) is 37.3 Å². The average molecular weight is 366 g/mol. The van der Waals surface area contributed by atoms with Crippen LogP contribution >= 0.6 is 12.4 Å². The van der Waals surface area contributed by atoms with Crippen molar-refractivity contribution in [3.63, 3.8) is 0 Å². The van der Waals surface area contributed by atoms with Crippen LogP contribution < -0.4 is 5.73 Å². The molecule has 2 unspecified atom stereocenters. The fraction of sp³-hybridized carbons (Fsp3) is 0.579. The lowest BCUT2D eigenvalue weighted by Crippen LogP contribution is -2.49. The molecular formula is C19H28ClN3O2. The lowest BCUT2D eigenvalue weighted by Gasteiger charge is -2.38. The molecule has 5 nitrogen and oxygen atoms in total. The summed E-state index contributed by atoms with van der Waals surface area (Å²) in [6.07, 6.45) is 3.42. The fourth-order valence-corrected chi connectivity index (χ4v) is 3.86. The molecule has 0 aromatic heterocycles. The molecule has 2 N–H and O–H groups in total. The standard InChI is InChI=1S/C19H27N3O2.ClH/c1-14(18(20)15-6-3-2-4-7-15)19(24)21-12-9-16(10-13-21)22-11-5-8-17(22)23;/h2-4,6-7,14,16,18H,5,8-13,20H2,1H3;1H. The number of rotatable bonds is 4. The Bertz CT molecular complexity index is 588. The minimum Gasteiger partial charge on any atom is -0.342 e. The van der Waals surface area contributed by atoms with Gasteiger partial charge in [-0.3, -0.25) is 9.59 Å². The van der Waals surface area contributed by atoms with Crippen LogP contribution in [0.3, 0.4) is 0 Å². The van der Waals surface area contributed by atoms with Crippen molar-refractivity contribution in [2.45, 2.75) is 44.7 Å². The van der Waals surface area contributed by atoms with Gasteiger partial charge in [-0.25, -0.2) is 0 Å². The molecule has 2 amide bonds. The second kappa shape index (κ2) is 8.68. The number of nitrogens with zero attached hydrogens (tertiary/aromatic N) is 2. The molecule has 0 radical (unpaired) electrons. The van der Waals surface area contributed by atoms with Crippen molar-refractivity contribution in [2.24, 2.45) is 11.7 Å². The van der Waals surface area contributed by atoms with Crippen LogP contribution in [-0.4, -0.2) is 47.3 Å². The van der Waals surface area contributed by atoms with Crippen LogP contribution in [0.5, 0.6) is 0 Å².